The molecular weight excluding hydrogens is 150 g/mol. The van der Waals surface area contributed by atoms with Gasteiger partial charge in [0.1, 0.15) is 12.3 Å². The van der Waals surface area contributed by atoms with E-state index in [9.17, 15) is 0 Å². The van der Waals surface area contributed by atoms with Crippen LogP contribution in [0.2, 0.25) is 0 Å². The molecule has 12 heavy (non-hydrogen) atoms. The molecule has 1 radical (unpaired) electrons. The van der Waals surface area contributed by atoms with Crippen molar-refractivity contribution in [2.24, 2.45) is 11.1 Å². The summed E-state index contributed by atoms with van der Waals surface area (Å²) < 4.78 is 0. The van der Waals surface area contributed by atoms with Gasteiger partial charge in [0.05, 0.1) is 0 Å². The summed E-state index contributed by atoms with van der Waals surface area (Å²) in [5, 5.41) is 3.84. The van der Waals surface area contributed by atoms with Gasteiger partial charge in [0.25, 0.3) is 0 Å². The Kier molecular flexibility index (Phi) is 4.12. The Morgan fingerprint density at radius 3 is 2.50 bits per heavy atom. The molecule has 0 bridgehead atoms. The van der Waals surface area contributed by atoms with E-state index in [1.54, 1.807) is 0 Å². The summed E-state index contributed by atoms with van der Waals surface area (Å²) in [5.41, 5.74) is 0. The zero-order chi connectivity index (χ0) is 8.81. The Morgan fingerprint density at radius 1 is 1.25 bits per heavy atom. The second-order valence-corrected chi connectivity index (χ2v) is 3.71. The van der Waals surface area contributed by atoms with Crippen LogP contribution in [0.5, 0.6) is 0 Å². The molecular formula is C10H18NO. The van der Waals surface area contributed by atoms with Crippen LogP contribution in [0.4, 0.5) is 0 Å². The lowest BCUT2D eigenvalue weighted by Crippen LogP contribution is -2.08. The SMILES string of the molecule is CC(C)O/N=[C]/C1CCCCC1. The lowest BCUT2D eigenvalue weighted by molar-refractivity contribution is 0.0858. The molecule has 1 fully saturated rings. The van der Waals surface area contributed by atoms with Crippen molar-refractivity contribution in [1.29, 1.82) is 0 Å². The maximum atomic E-state index is 5.06. The zero-order valence-electron chi connectivity index (χ0n) is 8.05. The van der Waals surface area contributed by atoms with Gasteiger partial charge >= 0.3 is 0 Å². The normalized spacial score (nSPS) is 20.6. The minimum atomic E-state index is 0.182. The van der Waals surface area contributed by atoms with E-state index in [-0.39, 0.29) is 6.10 Å². The molecule has 0 unspecified atom stereocenters. The first-order valence-electron chi connectivity index (χ1n) is 4.90. The summed E-state index contributed by atoms with van der Waals surface area (Å²) in [6, 6.07) is 0. The molecule has 0 saturated heterocycles. The minimum absolute atomic E-state index is 0.182. The summed E-state index contributed by atoms with van der Waals surface area (Å²) in [5.74, 6) is 0.553. The predicted molar refractivity (Wildman–Crippen MR) is 50.2 cm³/mol. The third-order valence-corrected chi connectivity index (χ3v) is 2.10. The molecule has 1 saturated carbocycles. The summed E-state index contributed by atoms with van der Waals surface area (Å²) in [6.07, 6.45) is 9.75. The topological polar surface area (TPSA) is 21.6 Å². The molecule has 0 spiro atoms. The van der Waals surface area contributed by atoms with Crippen molar-refractivity contribution >= 4 is 6.21 Å². The quantitative estimate of drug-likeness (QED) is 0.469. The molecule has 2 heteroatoms. The molecule has 0 atom stereocenters. The maximum Gasteiger partial charge on any atom is 0.122 e. The van der Waals surface area contributed by atoms with Crippen molar-refractivity contribution in [3.63, 3.8) is 0 Å². The second-order valence-electron chi connectivity index (χ2n) is 3.71. The van der Waals surface area contributed by atoms with Crippen molar-refractivity contribution < 1.29 is 4.84 Å². The summed E-state index contributed by atoms with van der Waals surface area (Å²) in [6.45, 7) is 3.96. The molecule has 0 aliphatic heterocycles. The lowest BCUT2D eigenvalue weighted by atomic mass is 9.90. The fraction of sp³-hybridized carbons (Fsp3) is 0.900. The van der Waals surface area contributed by atoms with Crippen LogP contribution >= 0.6 is 0 Å². The highest BCUT2D eigenvalue weighted by molar-refractivity contribution is 5.59. The van der Waals surface area contributed by atoms with Crippen molar-refractivity contribution in [3.8, 4) is 0 Å². The average molecular weight is 168 g/mol. The first kappa shape index (κ1) is 9.56. The van der Waals surface area contributed by atoms with Crippen LogP contribution in [-0.2, 0) is 4.84 Å². The summed E-state index contributed by atoms with van der Waals surface area (Å²) >= 11 is 0. The van der Waals surface area contributed by atoms with Gasteiger partial charge in [-0.1, -0.05) is 24.4 Å². The molecule has 0 aromatic heterocycles. The van der Waals surface area contributed by atoms with Gasteiger partial charge < -0.3 is 4.84 Å². The van der Waals surface area contributed by atoms with Crippen molar-refractivity contribution in [2.75, 3.05) is 0 Å². The highest BCUT2D eigenvalue weighted by Crippen LogP contribution is 2.21. The molecule has 0 aromatic rings. The smallest absolute Gasteiger partial charge is 0.122 e. The Hall–Kier alpha value is -0.530. The Morgan fingerprint density at radius 2 is 1.92 bits per heavy atom. The van der Waals surface area contributed by atoms with E-state index in [0.717, 1.165) is 0 Å². The van der Waals surface area contributed by atoms with Crippen LogP contribution in [0.25, 0.3) is 0 Å². The van der Waals surface area contributed by atoms with E-state index in [1.807, 2.05) is 13.8 Å². The fourth-order valence-electron chi connectivity index (χ4n) is 1.44. The van der Waals surface area contributed by atoms with E-state index in [4.69, 9.17) is 4.84 Å². The van der Waals surface area contributed by atoms with Gasteiger partial charge in [-0.2, -0.15) is 0 Å². The molecule has 2 nitrogen and oxygen atoms in total. The number of rotatable bonds is 3. The molecule has 0 N–H and O–H groups in total. The highest BCUT2D eigenvalue weighted by atomic mass is 16.6. The third kappa shape index (κ3) is 3.74. The zero-order valence-corrected chi connectivity index (χ0v) is 8.05. The summed E-state index contributed by atoms with van der Waals surface area (Å²) in [7, 11) is 0. The van der Waals surface area contributed by atoms with Gasteiger partial charge in [-0.05, 0) is 26.7 Å². The first-order chi connectivity index (χ1) is 5.79. The van der Waals surface area contributed by atoms with E-state index < -0.39 is 0 Å². The number of hydrogen-bond donors (Lipinski definition) is 0. The Labute approximate surface area is 75.0 Å². The van der Waals surface area contributed by atoms with Crippen LogP contribution in [0, 0.1) is 5.92 Å². The van der Waals surface area contributed by atoms with Gasteiger partial charge in [0, 0.05) is 5.92 Å². The Balaban J connectivity index is 2.15. The largest absolute Gasteiger partial charge is 0.393 e. The van der Waals surface area contributed by atoms with Crippen LogP contribution < -0.4 is 0 Å². The van der Waals surface area contributed by atoms with Gasteiger partial charge in [-0.3, -0.25) is 0 Å². The van der Waals surface area contributed by atoms with Crippen LogP contribution in [0.15, 0.2) is 5.16 Å². The van der Waals surface area contributed by atoms with Crippen molar-refractivity contribution in [3.05, 3.63) is 0 Å². The lowest BCUT2D eigenvalue weighted by Gasteiger charge is -2.15. The van der Waals surface area contributed by atoms with Crippen LogP contribution in [0.1, 0.15) is 46.0 Å². The van der Waals surface area contributed by atoms with E-state index in [2.05, 4.69) is 11.4 Å². The number of hydrogen-bond acceptors (Lipinski definition) is 2. The maximum absolute atomic E-state index is 5.06. The van der Waals surface area contributed by atoms with Gasteiger partial charge in [-0.15, -0.1) is 0 Å². The molecule has 1 aliphatic rings. The predicted octanol–water partition coefficient (Wildman–Crippen LogP) is 2.85. The van der Waals surface area contributed by atoms with Crippen molar-refractivity contribution in [2.45, 2.75) is 52.1 Å². The highest BCUT2D eigenvalue weighted by Gasteiger charge is 2.11. The molecule has 1 aliphatic carbocycles. The number of nitrogens with zero attached hydrogens (tertiary/aromatic N) is 1. The van der Waals surface area contributed by atoms with E-state index >= 15 is 0 Å². The molecule has 69 valence electrons. The second kappa shape index (κ2) is 5.18. The standard InChI is InChI=1S/C10H18NO/c1-9(2)12-11-8-10-6-4-3-5-7-10/h9-10H,3-7H2,1-2H3. The van der Waals surface area contributed by atoms with Gasteiger partial charge in [-0.25, -0.2) is 0 Å². The fourth-order valence-corrected chi connectivity index (χ4v) is 1.44. The third-order valence-electron chi connectivity index (χ3n) is 2.10. The molecule has 0 amide bonds. The van der Waals surface area contributed by atoms with Crippen LogP contribution in [-0.4, -0.2) is 12.3 Å². The molecule has 1 rings (SSSR count). The molecule has 0 aromatic carbocycles. The van der Waals surface area contributed by atoms with E-state index in [1.165, 1.54) is 32.1 Å². The average Bonchev–Trinajstić information content (AvgIpc) is 2.05. The monoisotopic (exact) mass is 168 g/mol. The van der Waals surface area contributed by atoms with Gasteiger partial charge in [0.15, 0.2) is 0 Å². The van der Waals surface area contributed by atoms with Crippen LogP contribution in [0.3, 0.4) is 0 Å². The first-order valence-corrected chi connectivity index (χ1v) is 4.90. The Bertz CT molecular complexity index is 137. The minimum Gasteiger partial charge on any atom is -0.393 e. The van der Waals surface area contributed by atoms with Crippen molar-refractivity contribution in [1.82, 2.24) is 0 Å². The van der Waals surface area contributed by atoms with E-state index in [0.29, 0.717) is 5.92 Å². The molecule has 0 heterocycles. The van der Waals surface area contributed by atoms with Gasteiger partial charge in [0.2, 0.25) is 0 Å². The summed E-state index contributed by atoms with van der Waals surface area (Å²) in [4.78, 5) is 5.06.